The van der Waals surface area contributed by atoms with E-state index in [0.29, 0.717) is 15.8 Å². The Morgan fingerprint density at radius 3 is 2.77 bits per heavy atom. The first-order valence-electron chi connectivity index (χ1n) is 8.47. The summed E-state index contributed by atoms with van der Waals surface area (Å²) >= 11 is 2.53. The van der Waals surface area contributed by atoms with Gasteiger partial charge in [0.1, 0.15) is 0 Å². The van der Waals surface area contributed by atoms with Crippen LogP contribution in [0.4, 0.5) is 0 Å². The minimum atomic E-state index is 0.609. The topological polar surface area (TPSA) is 0 Å². The molecule has 2 unspecified atom stereocenters. The number of rotatable bonds is 4. The second kappa shape index (κ2) is 7.81. The van der Waals surface area contributed by atoms with Gasteiger partial charge >= 0.3 is 0 Å². The van der Waals surface area contributed by atoms with Gasteiger partial charge < -0.3 is 0 Å². The highest BCUT2D eigenvalue weighted by molar-refractivity contribution is 14.1. The van der Waals surface area contributed by atoms with E-state index in [1.807, 2.05) is 0 Å². The molecular formula is C21H29I. The largest absolute Gasteiger partial charge is 0.0992 e. The zero-order chi connectivity index (χ0) is 16.3. The van der Waals surface area contributed by atoms with Crippen LogP contribution in [0.1, 0.15) is 52.9 Å². The van der Waals surface area contributed by atoms with Gasteiger partial charge in [-0.1, -0.05) is 84.5 Å². The molecule has 0 aromatic heterocycles. The van der Waals surface area contributed by atoms with Gasteiger partial charge in [0, 0.05) is 3.92 Å². The zero-order valence-corrected chi connectivity index (χ0v) is 16.4. The summed E-state index contributed by atoms with van der Waals surface area (Å²) in [4.78, 5) is 0. The van der Waals surface area contributed by atoms with Crippen molar-refractivity contribution in [1.29, 1.82) is 0 Å². The van der Waals surface area contributed by atoms with Crippen molar-refractivity contribution in [2.45, 2.75) is 56.8 Å². The maximum absolute atomic E-state index is 4.44. The lowest BCUT2D eigenvalue weighted by molar-refractivity contribution is 0.508. The first kappa shape index (κ1) is 17.8. The number of allylic oxidation sites excluding steroid dienone is 8. The summed E-state index contributed by atoms with van der Waals surface area (Å²) < 4.78 is 0.633. The first-order valence-corrected chi connectivity index (χ1v) is 9.72. The van der Waals surface area contributed by atoms with Crippen LogP contribution in [0.15, 0.2) is 59.3 Å². The predicted molar refractivity (Wildman–Crippen MR) is 107 cm³/mol. The number of alkyl halides is 1. The fraction of sp³-hybridized carbons (Fsp3) is 0.524. The Balaban J connectivity index is 2.10. The van der Waals surface area contributed by atoms with Crippen LogP contribution in [-0.2, 0) is 0 Å². The highest BCUT2D eigenvalue weighted by Gasteiger charge is 2.23. The minimum Gasteiger partial charge on any atom is -0.0992 e. The molecule has 0 aliphatic heterocycles. The van der Waals surface area contributed by atoms with Crippen LogP contribution in [0.25, 0.3) is 0 Å². The van der Waals surface area contributed by atoms with Gasteiger partial charge in [-0.2, -0.15) is 0 Å². The highest BCUT2D eigenvalue weighted by atomic mass is 127. The molecule has 0 saturated heterocycles. The predicted octanol–water partition coefficient (Wildman–Crippen LogP) is 6.95. The molecular weight excluding hydrogens is 379 g/mol. The molecule has 2 aliphatic rings. The van der Waals surface area contributed by atoms with Crippen molar-refractivity contribution >= 4 is 22.6 Å². The van der Waals surface area contributed by atoms with Crippen molar-refractivity contribution in [2.24, 2.45) is 11.8 Å². The fourth-order valence-electron chi connectivity index (χ4n) is 3.58. The van der Waals surface area contributed by atoms with Crippen molar-refractivity contribution < 1.29 is 0 Å². The summed E-state index contributed by atoms with van der Waals surface area (Å²) in [6, 6.07) is 0. The second-order valence-corrected chi connectivity index (χ2v) is 8.60. The third kappa shape index (κ3) is 4.24. The molecule has 2 aliphatic carbocycles. The number of halogens is 1. The molecule has 0 N–H and O–H groups in total. The summed E-state index contributed by atoms with van der Waals surface area (Å²) in [6.07, 6.45) is 12.7. The molecule has 0 amide bonds. The molecule has 2 rings (SSSR count). The summed E-state index contributed by atoms with van der Waals surface area (Å²) in [7, 11) is 0. The lowest BCUT2D eigenvalue weighted by Crippen LogP contribution is -2.14. The van der Waals surface area contributed by atoms with Gasteiger partial charge in [0.15, 0.2) is 0 Å². The molecule has 0 nitrogen and oxygen atoms in total. The lowest BCUT2D eigenvalue weighted by Gasteiger charge is -2.29. The average Bonchev–Trinajstić information content (AvgIpc) is 2.48. The molecule has 0 heterocycles. The Bertz CT molecular complexity index is 542. The van der Waals surface area contributed by atoms with Crippen molar-refractivity contribution in [3.63, 3.8) is 0 Å². The van der Waals surface area contributed by atoms with Crippen LogP contribution in [0, 0.1) is 11.8 Å². The Kier molecular flexibility index (Phi) is 6.31. The average molecular weight is 408 g/mol. The van der Waals surface area contributed by atoms with E-state index in [1.165, 1.54) is 36.0 Å². The van der Waals surface area contributed by atoms with Gasteiger partial charge in [0.05, 0.1) is 0 Å². The van der Waals surface area contributed by atoms with Crippen LogP contribution >= 0.6 is 22.6 Å². The monoisotopic (exact) mass is 408 g/mol. The van der Waals surface area contributed by atoms with E-state index >= 15 is 0 Å². The van der Waals surface area contributed by atoms with Gasteiger partial charge in [-0.25, -0.2) is 0 Å². The molecule has 22 heavy (non-hydrogen) atoms. The molecule has 1 fully saturated rings. The molecule has 0 radical (unpaired) electrons. The van der Waals surface area contributed by atoms with Crippen LogP contribution < -0.4 is 0 Å². The molecule has 2 atom stereocenters. The van der Waals surface area contributed by atoms with E-state index in [2.05, 4.69) is 74.7 Å². The van der Waals surface area contributed by atoms with Gasteiger partial charge in [-0.15, -0.1) is 0 Å². The SMILES string of the molecule is C=C(CC1CC/C(=C\C)CC1=C)C1=C(C(C)C)CC(I)C=C1. The van der Waals surface area contributed by atoms with E-state index in [0.717, 1.165) is 12.8 Å². The summed E-state index contributed by atoms with van der Waals surface area (Å²) in [5.74, 6) is 1.22. The van der Waals surface area contributed by atoms with Crippen LogP contribution in [0.2, 0.25) is 0 Å². The molecule has 0 spiro atoms. The van der Waals surface area contributed by atoms with Gasteiger partial charge in [-0.3, -0.25) is 0 Å². The molecule has 0 aromatic carbocycles. The maximum Gasteiger partial charge on any atom is 0.0330 e. The maximum atomic E-state index is 4.44. The quantitative estimate of drug-likeness (QED) is 0.268. The highest BCUT2D eigenvalue weighted by Crippen LogP contribution is 2.39. The smallest absolute Gasteiger partial charge is 0.0330 e. The standard InChI is InChI=1S/C21H29I/c1-6-17-7-8-18(15(4)11-17)12-16(5)20-10-9-19(22)13-21(20)14(2)3/h6,9-10,14,18-19H,4-5,7-8,11-13H2,1-3H3/b17-6+. The Hall–Kier alpha value is -0.570. The van der Waals surface area contributed by atoms with Crippen LogP contribution in [-0.4, -0.2) is 3.92 Å². The van der Waals surface area contributed by atoms with Gasteiger partial charge in [0.2, 0.25) is 0 Å². The minimum absolute atomic E-state index is 0.609. The Morgan fingerprint density at radius 1 is 1.45 bits per heavy atom. The summed E-state index contributed by atoms with van der Waals surface area (Å²) in [6.45, 7) is 15.5. The van der Waals surface area contributed by atoms with Gasteiger partial charge in [0.25, 0.3) is 0 Å². The lowest BCUT2D eigenvalue weighted by atomic mass is 9.76. The van der Waals surface area contributed by atoms with E-state index < -0.39 is 0 Å². The van der Waals surface area contributed by atoms with E-state index in [4.69, 9.17) is 0 Å². The van der Waals surface area contributed by atoms with E-state index in [1.54, 1.807) is 11.1 Å². The number of hydrogen-bond acceptors (Lipinski definition) is 0. The van der Waals surface area contributed by atoms with Crippen molar-refractivity contribution in [1.82, 2.24) is 0 Å². The Labute approximate surface area is 150 Å². The number of hydrogen-bond donors (Lipinski definition) is 0. The Morgan fingerprint density at radius 2 is 2.18 bits per heavy atom. The second-order valence-electron chi connectivity index (χ2n) is 7.00. The van der Waals surface area contributed by atoms with E-state index in [9.17, 15) is 0 Å². The third-order valence-corrected chi connectivity index (χ3v) is 5.91. The zero-order valence-electron chi connectivity index (χ0n) is 14.3. The normalized spacial score (nSPS) is 27.9. The van der Waals surface area contributed by atoms with Gasteiger partial charge in [-0.05, 0) is 62.0 Å². The third-order valence-electron chi connectivity index (χ3n) is 5.06. The molecule has 120 valence electrons. The van der Waals surface area contributed by atoms with Crippen molar-refractivity contribution in [2.75, 3.05) is 0 Å². The molecule has 0 aromatic rings. The fourth-order valence-corrected chi connectivity index (χ4v) is 4.26. The van der Waals surface area contributed by atoms with Crippen molar-refractivity contribution in [3.05, 3.63) is 59.3 Å². The summed E-state index contributed by atoms with van der Waals surface area (Å²) in [5, 5.41) is 0. The molecule has 0 bridgehead atoms. The molecule has 1 heteroatoms. The molecule has 1 saturated carbocycles. The first-order chi connectivity index (χ1) is 10.4. The van der Waals surface area contributed by atoms with Crippen molar-refractivity contribution in [3.8, 4) is 0 Å². The summed E-state index contributed by atoms with van der Waals surface area (Å²) in [5.41, 5.74) is 7.28. The van der Waals surface area contributed by atoms with E-state index in [-0.39, 0.29) is 0 Å². The van der Waals surface area contributed by atoms with Crippen LogP contribution in [0.3, 0.4) is 0 Å². The van der Waals surface area contributed by atoms with Crippen LogP contribution in [0.5, 0.6) is 0 Å².